The lowest BCUT2D eigenvalue weighted by Gasteiger charge is -2.22. The summed E-state index contributed by atoms with van der Waals surface area (Å²) in [6.07, 6.45) is 3.44. The van der Waals surface area contributed by atoms with Crippen LogP contribution in [0.5, 0.6) is 0 Å². The minimum atomic E-state index is -2.73. The summed E-state index contributed by atoms with van der Waals surface area (Å²) in [5, 5.41) is 3.37. The maximum Gasteiger partial charge on any atom is 0.270 e. The van der Waals surface area contributed by atoms with E-state index >= 15 is 0 Å². The van der Waals surface area contributed by atoms with Gasteiger partial charge in [0.2, 0.25) is 0 Å². The Kier molecular flexibility index (Phi) is 3.77. The molecule has 1 fully saturated rings. The lowest BCUT2D eigenvalue weighted by atomic mass is 9.92. The van der Waals surface area contributed by atoms with Gasteiger partial charge < -0.3 is 5.32 Å². The molecule has 0 saturated carbocycles. The lowest BCUT2D eigenvalue weighted by Crippen LogP contribution is -2.30. The molecule has 1 N–H and O–H groups in total. The van der Waals surface area contributed by atoms with Crippen molar-refractivity contribution in [3.05, 3.63) is 35.4 Å². The topological polar surface area (TPSA) is 12.0 Å². The molecule has 3 heteroatoms. The number of nitrogens with one attached hydrogen (secondary N) is 1. The molecule has 1 aliphatic rings. The van der Waals surface area contributed by atoms with Gasteiger partial charge in [0, 0.05) is 12.5 Å². The molecule has 1 aliphatic heterocycles. The average molecular weight is 239 g/mol. The van der Waals surface area contributed by atoms with Gasteiger partial charge in [0.15, 0.2) is 0 Å². The smallest absolute Gasteiger partial charge is 0.270 e. The molecule has 1 aromatic carbocycles. The quantitative estimate of drug-likeness (QED) is 0.853. The molecule has 0 radical (unpaired) electrons. The summed E-state index contributed by atoms with van der Waals surface area (Å²) >= 11 is 0. The van der Waals surface area contributed by atoms with Crippen LogP contribution in [0.25, 0.3) is 0 Å². The van der Waals surface area contributed by atoms with Gasteiger partial charge in [0.05, 0.1) is 0 Å². The van der Waals surface area contributed by atoms with Crippen LogP contribution in [-0.2, 0) is 12.3 Å². The highest BCUT2D eigenvalue weighted by Gasteiger charge is 2.23. The van der Waals surface area contributed by atoms with E-state index in [2.05, 4.69) is 5.32 Å². The average Bonchev–Trinajstić information content (AvgIpc) is 2.30. The third-order valence-corrected chi connectivity index (χ3v) is 3.38. The molecule has 17 heavy (non-hydrogen) atoms. The van der Waals surface area contributed by atoms with Gasteiger partial charge in [-0.3, -0.25) is 0 Å². The zero-order valence-electron chi connectivity index (χ0n) is 10.2. The first-order valence-electron chi connectivity index (χ1n) is 6.23. The third kappa shape index (κ3) is 3.50. The third-order valence-electron chi connectivity index (χ3n) is 3.38. The predicted octanol–water partition coefficient (Wildman–Crippen LogP) is 3.34. The molecule has 1 aromatic rings. The van der Waals surface area contributed by atoms with Crippen LogP contribution >= 0.6 is 0 Å². The van der Waals surface area contributed by atoms with Gasteiger partial charge in [-0.15, -0.1) is 0 Å². The number of hydrogen-bond donors (Lipinski definition) is 1. The lowest BCUT2D eigenvalue weighted by molar-refractivity contribution is 0.0174. The van der Waals surface area contributed by atoms with E-state index in [0.717, 1.165) is 32.0 Å². The second kappa shape index (κ2) is 5.13. The van der Waals surface area contributed by atoms with E-state index < -0.39 is 5.92 Å². The van der Waals surface area contributed by atoms with E-state index in [4.69, 9.17) is 0 Å². The van der Waals surface area contributed by atoms with Crippen molar-refractivity contribution in [3.63, 3.8) is 0 Å². The van der Waals surface area contributed by atoms with Gasteiger partial charge in [0.1, 0.15) is 0 Å². The van der Waals surface area contributed by atoms with Crippen LogP contribution in [0.15, 0.2) is 24.3 Å². The number of halogens is 2. The summed E-state index contributed by atoms with van der Waals surface area (Å²) < 4.78 is 26.1. The van der Waals surface area contributed by atoms with E-state index in [1.54, 1.807) is 12.1 Å². The molecule has 1 saturated heterocycles. The highest BCUT2D eigenvalue weighted by atomic mass is 19.3. The standard InChI is InChI=1S/C14H19F2N/c1-14(15,16)13-6-4-11(5-7-13)9-12-3-2-8-17-10-12/h4-7,12,17H,2-3,8-10H2,1H3. The molecular weight excluding hydrogens is 220 g/mol. The molecule has 1 nitrogen and oxygen atoms in total. The Labute approximate surface area is 101 Å². The van der Waals surface area contributed by atoms with Gasteiger partial charge >= 0.3 is 0 Å². The minimum absolute atomic E-state index is 0.100. The Morgan fingerprint density at radius 1 is 1.29 bits per heavy atom. The van der Waals surface area contributed by atoms with Crippen LogP contribution in [0.3, 0.4) is 0 Å². The maximum absolute atomic E-state index is 13.0. The van der Waals surface area contributed by atoms with Crippen molar-refractivity contribution in [2.24, 2.45) is 5.92 Å². The zero-order chi connectivity index (χ0) is 12.3. The van der Waals surface area contributed by atoms with Gasteiger partial charge in [-0.2, -0.15) is 0 Å². The van der Waals surface area contributed by atoms with Crippen LogP contribution in [0.4, 0.5) is 8.78 Å². The molecule has 0 amide bonds. The van der Waals surface area contributed by atoms with Crippen molar-refractivity contribution in [1.82, 2.24) is 5.32 Å². The Morgan fingerprint density at radius 3 is 2.53 bits per heavy atom. The summed E-state index contributed by atoms with van der Waals surface area (Å²) in [5.74, 6) is -2.08. The molecule has 0 aromatic heterocycles. The van der Waals surface area contributed by atoms with Crippen molar-refractivity contribution in [1.29, 1.82) is 0 Å². The zero-order valence-corrected chi connectivity index (χ0v) is 10.2. The number of rotatable bonds is 3. The molecule has 1 atom stereocenters. The Morgan fingerprint density at radius 2 is 2.00 bits per heavy atom. The minimum Gasteiger partial charge on any atom is -0.316 e. The molecule has 0 spiro atoms. The normalized spacial score (nSPS) is 21.5. The van der Waals surface area contributed by atoms with E-state index in [1.165, 1.54) is 12.8 Å². The maximum atomic E-state index is 13.0. The van der Waals surface area contributed by atoms with E-state index in [0.29, 0.717) is 5.92 Å². The fourth-order valence-electron chi connectivity index (χ4n) is 2.37. The molecule has 2 rings (SSSR count). The fraction of sp³-hybridized carbons (Fsp3) is 0.571. The van der Waals surface area contributed by atoms with Crippen LogP contribution in [0, 0.1) is 5.92 Å². The first-order chi connectivity index (χ1) is 8.05. The first kappa shape index (κ1) is 12.5. The number of alkyl halides is 2. The number of benzene rings is 1. The van der Waals surface area contributed by atoms with Gasteiger partial charge in [0.25, 0.3) is 5.92 Å². The molecule has 1 unspecified atom stereocenters. The summed E-state index contributed by atoms with van der Waals surface area (Å²) in [5.41, 5.74) is 1.26. The largest absolute Gasteiger partial charge is 0.316 e. The van der Waals surface area contributed by atoms with Crippen molar-refractivity contribution in [2.75, 3.05) is 13.1 Å². The van der Waals surface area contributed by atoms with Crippen molar-refractivity contribution < 1.29 is 8.78 Å². The van der Waals surface area contributed by atoms with Crippen molar-refractivity contribution in [2.45, 2.75) is 32.1 Å². The van der Waals surface area contributed by atoms with Crippen LogP contribution < -0.4 is 5.32 Å². The molecule has 94 valence electrons. The molecular formula is C14H19F2N. The monoisotopic (exact) mass is 239 g/mol. The van der Waals surface area contributed by atoms with Crippen LogP contribution in [0.1, 0.15) is 30.9 Å². The Bertz CT molecular complexity index is 347. The summed E-state index contributed by atoms with van der Waals surface area (Å²) in [7, 11) is 0. The van der Waals surface area contributed by atoms with Crippen molar-refractivity contribution in [3.8, 4) is 0 Å². The van der Waals surface area contributed by atoms with E-state index in [1.807, 2.05) is 12.1 Å². The van der Waals surface area contributed by atoms with E-state index in [-0.39, 0.29) is 5.56 Å². The van der Waals surface area contributed by atoms with E-state index in [9.17, 15) is 8.78 Å². The Balaban J connectivity index is 1.98. The molecule has 0 aliphatic carbocycles. The summed E-state index contributed by atoms with van der Waals surface area (Å²) in [6.45, 7) is 3.09. The number of piperidine rings is 1. The highest BCUT2D eigenvalue weighted by molar-refractivity contribution is 5.25. The summed E-state index contributed by atoms with van der Waals surface area (Å²) in [4.78, 5) is 0. The Hall–Kier alpha value is -0.960. The second-order valence-corrected chi connectivity index (χ2v) is 5.00. The van der Waals surface area contributed by atoms with Crippen LogP contribution in [-0.4, -0.2) is 13.1 Å². The van der Waals surface area contributed by atoms with Crippen molar-refractivity contribution >= 4 is 0 Å². The molecule has 0 bridgehead atoms. The van der Waals surface area contributed by atoms with Gasteiger partial charge in [-0.1, -0.05) is 24.3 Å². The first-order valence-corrected chi connectivity index (χ1v) is 6.23. The van der Waals surface area contributed by atoms with Gasteiger partial charge in [-0.05, 0) is 43.8 Å². The highest BCUT2D eigenvalue weighted by Crippen LogP contribution is 2.27. The second-order valence-electron chi connectivity index (χ2n) is 5.00. The summed E-state index contributed by atoms with van der Waals surface area (Å²) in [6, 6.07) is 6.76. The fourth-order valence-corrected chi connectivity index (χ4v) is 2.37. The molecule has 1 heterocycles. The predicted molar refractivity (Wildman–Crippen MR) is 65.3 cm³/mol. The van der Waals surface area contributed by atoms with Gasteiger partial charge in [-0.25, -0.2) is 8.78 Å². The van der Waals surface area contributed by atoms with Crippen LogP contribution in [0.2, 0.25) is 0 Å². The number of hydrogen-bond acceptors (Lipinski definition) is 1. The SMILES string of the molecule is CC(F)(F)c1ccc(CC2CCCNC2)cc1.